The van der Waals surface area contributed by atoms with Crippen molar-refractivity contribution in [3.05, 3.63) is 80.3 Å². The number of nitrogens with zero attached hydrogens (tertiary/aromatic N) is 4. The SMILES string of the molecule is C[C@H](c1cccc([N+](=O)[O-])c1)N(C)C(=O)Cc1nn(C)c(=O)c2ccccc12. The highest BCUT2D eigenvalue weighted by molar-refractivity contribution is 5.88. The maximum Gasteiger partial charge on any atom is 0.274 e. The van der Waals surface area contributed by atoms with Crippen molar-refractivity contribution in [2.75, 3.05) is 7.05 Å². The summed E-state index contributed by atoms with van der Waals surface area (Å²) in [4.78, 5) is 37.1. The van der Waals surface area contributed by atoms with E-state index in [-0.39, 0.29) is 29.6 Å². The van der Waals surface area contributed by atoms with E-state index < -0.39 is 4.92 Å². The molecule has 8 nitrogen and oxygen atoms in total. The lowest BCUT2D eigenvalue weighted by Gasteiger charge is -2.25. The van der Waals surface area contributed by atoms with E-state index in [1.165, 1.54) is 21.7 Å². The number of fused-ring (bicyclic) bond motifs is 1. The van der Waals surface area contributed by atoms with E-state index in [2.05, 4.69) is 5.10 Å². The normalized spacial score (nSPS) is 12.0. The van der Waals surface area contributed by atoms with Crippen LogP contribution in [0.1, 0.15) is 24.2 Å². The first kappa shape index (κ1) is 19.2. The lowest BCUT2D eigenvalue weighted by Crippen LogP contribution is -2.32. The fourth-order valence-electron chi connectivity index (χ4n) is 3.11. The van der Waals surface area contributed by atoms with Crippen molar-refractivity contribution in [2.45, 2.75) is 19.4 Å². The maximum absolute atomic E-state index is 12.9. The first-order valence-electron chi connectivity index (χ1n) is 8.74. The van der Waals surface area contributed by atoms with Crippen LogP contribution in [-0.2, 0) is 18.3 Å². The highest BCUT2D eigenvalue weighted by atomic mass is 16.6. The van der Waals surface area contributed by atoms with Gasteiger partial charge in [-0.05, 0) is 18.6 Å². The molecule has 0 bridgehead atoms. The number of rotatable bonds is 5. The zero-order chi connectivity index (χ0) is 20.4. The van der Waals surface area contributed by atoms with Gasteiger partial charge in [0, 0.05) is 31.6 Å². The Morgan fingerprint density at radius 2 is 1.89 bits per heavy atom. The Kier molecular flexibility index (Phi) is 5.21. The number of likely N-dealkylation sites (N-methyl/N-ethyl adjacent to an activating group) is 1. The molecule has 144 valence electrons. The molecular weight excluding hydrogens is 360 g/mol. The minimum Gasteiger partial charge on any atom is -0.339 e. The summed E-state index contributed by atoms with van der Waals surface area (Å²) in [7, 11) is 3.20. The third-order valence-electron chi connectivity index (χ3n) is 4.89. The van der Waals surface area contributed by atoms with Gasteiger partial charge in [-0.1, -0.05) is 30.3 Å². The lowest BCUT2D eigenvalue weighted by atomic mass is 10.0. The molecule has 1 atom stereocenters. The van der Waals surface area contributed by atoms with Gasteiger partial charge < -0.3 is 4.90 Å². The molecule has 2 aromatic carbocycles. The average Bonchev–Trinajstić information content (AvgIpc) is 2.70. The first-order valence-corrected chi connectivity index (χ1v) is 8.74. The van der Waals surface area contributed by atoms with E-state index >= 15 is 0 Å². The predicted molar refractivity (Wildman–Crippen MR) is 105 cm³/mol. The summed E-state index contributed by atoms with van der Waals surface area (Å²) in [5, 5.41) is 16.4. The average molecular weight is 380 g/mol. The van der Waals surface area contributed by atoms with Gasteiger partial charge in [-0.25, -0.2) is 4.68 Å². The number of nitro benzene ring substituents is 1. The van der Waals surface area contributed by atoms with Crippen LogP contribution in [0.3, 0.4) is 0 Å². The summed E-state index contributed by atoms with van der Waals surface area (Å²) in [6.45, 7) is 1.81. The molecular formula is C20H20N4O4. The Balaban J connectivity index is 1.88. The Morgan fingerprint density at radius 3 is 2.57 bits per heavy atom. The van der Waals surface area contributed by atoms with Gasteiger partial charge in [-0.3, -0.25) is 19.7 Å². The van der Waals surface area contributed by atoms with E-state index in [1.807, 2.05) is 6.92 Å². The van der Waals surface area contributed by atoms with Crippen molar-refractivity contribution in [2.24, 2.45) is 7.05 Å². The minimum atomic E-state index is -0.460. The molecule has 3 rings (SSSR count). The summed E-state index contributed by atoms with van der Waals surface area (Å²) in [6, 6.07) is 12.9. The number of carbonyl (C=O) groups excluding carboxylic acids is 1. The Hall–Kier alpha value is -3.55. The van der Waals surface area contributed by atoms with Crippen molar-refractivity contribution < 1.29 is 9.72 Å². The zero-order valence-corrected chi connectivity index (χ0v) is 15.8. The monoisotopic (exact) mass is 380 g/mol. The summed E-state index contributed by atoms with van der Waals surface area (Å²) >= 11 is 0. The number of nitro groups is 1. The number of carbonyl (C=O) groups is 1. The lowest BCUT2D eigenvalue weighted by molar-refractivity contribution is -0.384. The number of non-ortho nitro benzene ring substituents is 1. The molecule has 0 spiro atoms. The number of hydrogen-bond donors (Lipinski definition) is 0. The van der Waals surface area contributed by atoms with Gasteiger partial charge in [-0.15, -0.1) is 0 Å². The number of aromatic nitrogens is 2. The predicted octanol–water partition coefficient (Wildman–Crippen LogP) is 2.60. The molecule has 28 heavy (non-hydrogen) atoms. The Bertz CT molecular complexity index is 1120. The van der Waals surface area contributed by atoms with Crippen LogP contribution < -0.4 is 5.56 Å². The van der Waals surface area contributed by atoms with Crippen LogP contribution in [0.25, 0.3) is 10.8 Å². The van der Waals surface area contributed by atoms with Crippen molar-refractivity contribution in [3.63, 3.8) is 0 Å². The molecule has 0 N–H and O–H groups in total. The fraction of sp³-hybridized carbons (Fsp3) is 0.250. The van der Waals surface area contributed by atoms with Gasteiger partial charge in [0.15, 0.2) is 0 Å². The number of aryl methyl sites for hydroxylation is 1. The van der Waals surface area contributed by atoms with Crippen molar-refractivity contribution in [1.82, 2.24) is 14.7 Å². The van der Waals surface area contributed by atoms with Crippen LogP contribution >= 0.6 is 0 Å². The van der Waals surface area contributed by atoms with E-state index in [0.29, 0.717) is 22.0 Å². The van der Waals surface area contributed by atoms with Gasteiger partial charge in [0.2, 0.25) is 5.91 Å². The van der Waals surface area contributed by atoms with Crippen molar-refractivity contribution in [3.8, 4) is 0 Å². The molecule has 0 unspecified atom stereocenters. The molecule has 0 fully saturated rings. The quantitative estimate of drug-likeness (QED) is 0.500. The third-order valence-corrected chi connectivity index (χ3v) is 4.89. The molecule has 0 aliphatic rings. The van der Waals surface area contributed by atoms with Gasteiger partial charge >= 0.3 is 0 Å². The maximum atomic E-state index is 12.9. The van der Waals surface area contributed by atoms with Crippen LogP contribution in [0.15, 0.2) is 53.3 Å². The topological polar surface area (TPSA) is 98.3 Å². The molecule has 0 saturated carbocycles. The molecule has 0 saturated heterocycles. The molecule has 1 aromatic heterocycles. The standard InChI is InChI=1S/C20H20N4O4/c1-13(14-7-6-8-15(11-14)24(27)28)22(2)19(25)12-18-16-9-4-5-10-17(16)20(26)23(3)21-18/h4-11,13H,12H2,1-3H3/t13-/m1/s1. The summed E-state index contributed by atoms with van der Waals surface area (Å²) in [6.07, 6.45) is 0.0183. The van der Waals surface area contributed by atoms with Crippen molar-refractivity contribution in [1.29, 1.82) is 0 Å². The second-order valence-corrected chi connectivity index (χ2v) is 6.63. The number of benzene rings is 2. The second-order valence-electron chi connectivity index (χ2n) is 6.63. The molecule has 3 aromatic rings. The molecule has 0 radical (unpaired) electrons. The van der Waals surface area contributed by atoms with Crippen LogP contribution in [0.5, 0.6) is 0 Å². The smallest absolute Gasteiger partial charge is 0.274 e. The Morgan fingerprint density at radius 1 is 1.21 bits per heavy atom. The van der Waals surface area contributed by atoms with Gasteiger partial charge in [-0.2, -0.15) is 5.10 Å². The van der Waals surface area contributed by atoms with Crippen LogP contribution in [0, 0.1) is 10.1 Å². The fourth-order valence-corrected chi connectivity index (χ4v) is 3.11. The minimum absolute atomic E-state index is 0.0177. The van der Waals surface area contributed by atoms with E-state index in [4.69, 9.17) is 0 Å². The Labute approximate surface area is 161 Å². The van der Waals surface area contributed by atoms with E-state index in [1.54, 1.807) is 50.5 Å². The molecule has 1 amide bonds. The largest absolute Gasteiger partial charge is 0.339 e. The number of amides is 1. The second kappa shape index (κ2) is 7.59. The van der Waals surface area contributed by atoms with Crippen LogP contribution in [-0.4, -0.2) is 32.6 Å². The highest BCUT2D eigenvalue weighted by Gasteiger charge is 2.21. The highest BCUT2D eigenvalue weighted by Crippen LogP contribution is 2.24. The zero-order valence-electron chi connectivity index (χ0n) is 15.8. The van der Waals surface area contributed by atoms with Crippen molar-refractivity contribution >= 4 is 22.4 Å². The van der Waals surface area contributed by atoms with E-state index in [0.717, 1.165) is 0 Å². The molecule has 1 heterocycles. The number of hydrogen-bond acceptors (Lipinski definition) is 5. The third kappa shape index (κ3) is 3.62. The summed E-state index contributed by atoms with van der Waals surface area (Å²) in [5.41, 5.74) is 0.949. The van der Waals surface area contributed by atoms with Crippen LogP contribution in [0.4, 0.5) is 5.69 Å². The molecule has 0 aliphatic heterocycles. The summed E-state index contributed by atoms with van der Waals surface area (Å²) in [5.74, 6) is -0.199. The van der Waals surface area contributed by atoms with Crippen LogP contribution in [0.2, 0.25) is 0 Å². The molecule has 0 aliphatic carbocycles. The van der Waals surface area contributed by atoms with Gasteiger partial charge in [0.1, 0.15) is 0 Å². The van der Waals surface area contributed by atoms with Gasteiger partial charge in [0.25, 0.3) is 11.2 Å². The van der Waals surface area contributed by atoms with Gasteiger partial charge in [0.05, 0.1) is 28.5 Å². The first-order chi connectivity index (χ1) is 13.3. The van der Waals surface area contributed by atoms with E-state index in [9.17, 15) is 19.7 Å². The molecule has 8 heteroatoms. The summed E-state index contributed by atoms with van der Waals surface area (Å²) < 4.78 is 1.23.